The second kappa shape index (κ2) is 6.70. The third-order valence-electron chi connectivity index (χ3n) is 3.13. The minimum absolute atomic E-state index is 0.170. The summed E-state index contributed by atoms with van der Waals surface area (Å²) < 4.78 is 27.5. The van der Waals surface area contributed by atoms with E-state index < -0.39 is 10.2 Å². The molecule has 1 aromatic heterocycles. The maximum Gasteiger partial charge on any atom is 0.282 e. The summed E-state index contributed by atoms with van der Waals surface area (Å²) in [5.41, 5.74) is 0.919. The predicted octanol–water partition coefficient (Wildman–Crippen LogP) is 0.864. The normalized spacial score (nSPS) is 16.4. The van der Waals surface area contributed by atoms with Crippen LogP contribution in [0.3, 0.4) is 0 Å². The van der Waals surface area contributed by atoms with Crippen LogP contribution in [0.25, 0.3) is 0 Å². The number of hydrogen-bond acceptors (Lipinski definition) is 4. The predicted molar refractivity (Wildman–Crippen MR) is 79.5 cm³/mol. The molecule has 110 valence electrons. The van der Waals surface area contributed by atoms with Crippen LogP contribution in [0.1, 0.15) is 23.3 Å². The monoisotopic (exact) mass is 314 g/mol. The summed E-state index contributed by atoms with van der Waals surface area (Å²) in [6, 6.07) is 1.86. The van der Waals surface area contributed by atoms with Crippen molar-refractivity contribution in [2.24, 2.45) is 0 Å². The summed E-state index contributed by atoms with van der Waals surface area (Å²) in [4.78, 5) is 0.834. The number of thiophene rings is 1. The smallest absolute Gasteiger partial charge is 0.282 e. The van der Waals surface area contributed by atoms with Gasteiger partial charge in [0, 0.05) is 26.7 Å². The van der Waals surface area contributed by atoms with Crippen LogP contribution in [0, 0.1) is 11.8 Å². The molecule has 1 aliphatic heterocycles. The molecule has 5 nitrogen and oxygen atoms in total. The lowest BCUT2D eigenvalue weighted by Gasteiger charge is -2.23. The Morgan fingerprint density at radius 2 is 2.15 bits per heavy atom. The van der Waals surface area contributed by atoms with Crippen molar-refractivity contribution in [1.29, 1.82) is 0 Å². The molecule has 1 fully saturated rings. The topological polar surface area (TPSA) is 60.9 Å². The first-order valence-corrected chi connectivity index (χ1v) is 8.70. The number of nitrogens with zero attached hydrogens (tertiary/aromatic N) is 2. The lowest BCUT2D eigenvalue weighted by atomic mass is 10.3. The Morgan fingerprint density at radius 3 is 2.80 bits per heavy atom. The molecule has 7 heteroatoms. The van der Waals surface area contributed by atoms with Crippen LogP contribution >= 0.6 is 11.3 Å². The van der Waals surface area contributed by atoms with Crippen LogP contribution in [0.5, 0.6) is 0 Å². The molecule has 0 saturated carbocycles. The van der Waals surface area contributed by atoms with Crippen LogP contribution in [0.4, 0.5) is 0 Å². The average Bonchev–Trinajstić information content (AvgIpc) is 3.07. The summed E-state index contributed by atoms with van der Waals surface area (Å²) in [5.74, 6) is 5.40. The lowest BCUT2D eigenvalue weighted by molar-refractivity contribution is 0.350. The molecule has 1 aromatic rings. The van der Waals surface area contributed by atoms with Gasteiger partial charge in [0.05, 0.1) is 4.88 Å². The van der Waals surface area contributed by atoms with Crippen LogP contribution in [0.15, 0.2) is 11.4 Å². The Morgan fingerprint density at radius 1 is 1.45 bits per heavy atom. The van der Waals surface area contributed by atoms with Crippen molar-refractivity contribution in [1.82, 2.24) is 8.61 Å². The van der Waals surface area contributed by atoms with Crippen molar-refractivity contribution >= 4 is 21.5 Å². The Hall–Kier alpha value is -0.910. The van der Waals surface area contributed by atoms with Gasteiger partial charge in [0.25, 0.3) is 10.2 Å². The van der Waals surface area contributed by atoms with E-state index in [1.807, 2.05) is 11.4 Å². The summed E-state index contributed by atoms with van der Waals surface area (Å²) in [5, 5.41) is 10.5. The van der Waals surface area contributed by atoms with E-state index in [1.54, 1.807) is 7.05 Å². The summed E-state index contributed by atoms with van der Waals surface area (Å²) in [6.45, 7) is 1.40. The quantitative estimate of drug-likeness (QED) is 0.839. The van der Waals surface area contributed by atoms with Crippen molar-refractivity contribution in [2.75, 3.05) is 26.7 Å². The van der Waals surface area contributed by atoms with E-state index in [4.69, 9.17) is 5.11 Å². The summed E-state index contributed by atoms with van der Waals surface area (Å²) in [7, 11) is -1.75. The summed E-state index contributed by atoms with van der Waals surface area (Å²) >= 11 is 1.45. The van der Waals surface area contributed by atoms with Gasteiger partial charge in [0.15, 0.2) is 0 Å². The summed E-state index contributed by atoms with van der Waals surface area (Å²) in [6.07, 6.45) is 1.87. The maximum atomic E-state index is 12.3. The van der Waals surface area contributed by atoms with Gasteiger partial charge >= 0.3 is 0 Å². The van der Waals surface area contributed by atoms with E-state index >= 15 is 0 Å². The molecule has 20 heavy (non-hydrogen) atoms. The number of aliphatic hydroxyl groups excluding tert-OH is 1. The molecule has 0 aromatic carbocycles. The van der Waals surface area contributed by atoms with Gasteiger partial charge in [-0.3, -0.25) is 0 Å². The molecule has 2 heterocycles. The van der Waals surface area contributed by atoms with Crippen LogP contribution < -0.4 is 0 Å². The standard InChI is InChI=1S/C13H18N2O3S2/c1-14(20(17,18)15-6-2-3-7-15)10-12-9-13(19-11-12)5-4-8-16/h9,11,16H,2-3,6-8,10H2,1H3. The van der Waals surface area contributed by atoms with E-state index in [0.717, 1.165) is 23.3 Å². The van der Waals surface area contributed by atoms with Crippen LogP contribution in [0.2, 0.25) is 0 Å². The molecular formula is C13H18N2O3S2. The molecule has 0 spiro atoms. The zero-order valence-electron chi connectivity index (χ0n) is 11.4. The molecule has 2 rings (SSSR count). The Bertz CT molecular complexity index is 607. The first kappa shape index (κ1) is 15.5. The molecule has 0 aliphatic carbocycles. The fourth-order valence-electron chi connectivity index (χ4n) is 2.11. The fourth-order valence-corrected chi connectivity index (χ4v) is 4.30. The highest BCUT2D eigenvalue weighted by Gasteiger charge is 2.29. The largest absolute Gasteiger partial charge is 0.384 e. The Labute approximate surface area is 124 Å². The van der Waals surface area contributed by atoms with E-state index in [-0.39, 0.29) is 6.61 Å². The highest BCUT2D eigenvalue weighted by molar-refractivity contribution is 7.86. The number of hydrogen-bond donors (Lipinski definition) is 1. The van der Waals surface area contributed by atoms with E-state index in [0.29, 0.717) is 19.6 Å². The SMILES string of the molecule is CN(Cc1csc(C#CCO)c1)S(=O)(=O)N1CCCC1. The minimum atomic E-state index is -3.35. The van der Waals surface area contributed by atoms with Crippen molar-refractivity contribution in [2.45, 2.75) is 19.4 Å². The molecular weight excluding hydrogens is 296 g/mol. The second-order valence-corrected chi connectivity index (χ2v) is 7.60. The van der Waals surface area contributed by atoms with Gasteiger partial charge in [-0.1, -0.05) is 11.8 Å². The fraction of sp³-hybridized carbons (Fsp3) is 0.538. The van der Waals surface area contributed by atoms with Gasteiger partial charge in [-0.15, -0.1) is 11.3 Å². The van der Waals surface area contributed by atoms with Crippen molar-refractivity contribution in [3.8, 4) is 11.8 Å². The van der Waals surface area contributed by atoms with Gasteiger partial charge in [-0.2, -0.15) is 17.0 Å². The minimum Gasteiger partial charge on any atom is -0.384 e. The average molecular weight is 314 g/mol. The van der Waals surface area contributed by atoms with E-state index in [2.05, 4.69) is 11.8 Å². The van der Waals surface area contributed by atoms with E-state index in [9.17, 15) is 8.42 Å². The highest BCUT2D eigenvalue weighted by atomic mass is 32.2. The highest BCUT2D eigenvalue weighted by Crippen LogP contribution is 2.20. The first-order chi connectivity index (χ1) is 9.54. The molecule has 0 radical (unpaired) electrons. The van der Waals surface area contributed by atoms with Crippen molar-refractivity contribution < 1.29 is 13.5 Å². The maximum absolute atomic E-state index is 12.3. The van der Waals surface area contributed by atoms with Crippen molar-refractivity contribution in [3.05, 3.63) is 21.9 Å². The molecule has 0 amide bonds. The second-order valence-electron chi connectivity index (χ2n) is 4.65. The van der Waals surface area contributed by atoms with Gasteiger partial charge in [0.1, 0.15) is 6.61 Å². The van der Waals surface area contributed by atoms with Gasteiger partial charge < -0.3 is 5.11 Å². The van der Waals surface area contributed by atoms with Gasteiger partial charge in [-0.05, 0) is 29.9 Å². The number of aliphatic hydroxyl groups is 1. The van der Waals surface area contributed by atoms with Crippen molar-refractivity contribution in [3.63, 3.8) is 0 Å². The Balaban J connectivity index is 2.03. The molecule has 0 atom stereocenters. The Kier molecular flexibility index (Phi) is 5.18. The molecule has 1 saturated heterocycles. The number of rotatable bonds is 4. The lowest BCUT2D eigenvalue weighted by Crippen LogP contribution is -2.39. The third-order valence-corrected chi connectivity index (χ3v) is 5.96. The third kappa shape index (κ3) is 3.59. The van der Waals surface area contributed by atoms with Crippen LogP contribution in [-0.4, -0.2) is 48.9 Å². The first-order valence-electron chi connectivity index (χ1n) is 6.42. The molecule has 1 aliphatic rings. The van der Waals surface area contributed by atoms with E-state index in [1.165, 1.54) is 19.9 Å². The van der Waals surface area contributed by atoms with Gasteiger partial charge in [-0.25, -0.2) is 0 Å². The molecule has 0 unspecified atom stereocenters. The van der Waals surface area contributed by atoms with Gasteiger partial charge in [0.2, 0.25) is 0 Å². The molecule has 0 bridgehead atoms. The van der Waals surface area contributed by atoms with Crippen LogP contribution in [-0.2, 0) is 16.8 Å². The zero-order valence-corrected chi connectivity index (χ0v) is 13.0. The molecule has 1 N–H and O–H groups in total. The zero-order chi connectivity index (χ0) is 14.6.